The third kappa shape index (κ3) is 3.92. The van der Waals surface area contributed by atoms with Crippen molar-refractivity contribution in [2.24, 2.45) is 0 Å². The van der Waals surface area contributed by atoms with Gasteiger partial charge in [0, 0.05) is 17.8 Å². The van der Waals surface area contributed by atoms with Crippen LogP contribution >= 0.6 is 0 Å². The first-order chi connectivity index (χ1) is 17.0. The molecular formula is C26H25N5O4. The molecule has 9 heteroatoms. The van der Waals surface area contributed by atoms with Crippen molar-refractivity contribution in [3.05, 3.63) is 75.3 Å². The average Bonchev–Trinajstić information content (AvgIpc) is 3.41. The summed E-state index contributed by atoms with van der Waals surface area (Å²) in [5, 5.41) is 12.8. The van der Waals surface area contributed by atoms with Crippen LogP contribution in [0.1, 0.15) is 41.1 Å². The van der Waals surface area contributed by atoms with Gasteiger partial charge in [-0.25, -0.2) is 9.36 Å². The SMILES string of the molecule is Cc1ccc(-n2ncc3c(C4CC4)nn(CC(=O)NCc4ccc5c(c4)OCO5)c(=O)c32)c(C)c1. The van der Waals surface area contributed by atoms with Crippen molar-refractivity contribution in [3.63, 3.8) is 0 Å². The predicted molar refractivity (Wildman–Crippen MR) is 129 cm³/mol. The van der Waals surface area contributed by atoms with Gasteiger partial charge in [-0.15, -0.1) is 0 Å². The van der Waals surface area contributed by atoms with Crippen LogP contribution in [0.15, 0.2) is 47.4 Å². The number of hydrogen-bond acceptors (Lipinski definition) is 6. The van der Waals surface area contributed by atoms with E-state index in [1.54, 1.807) is 10.9 Å². The molecule has 0 radical (unpaired) electrons. The van der Waals surface area contributed by atoms with E-state index in [1.165, 1.54) is 4.68 Å². The van der Waals surface area contributed by atoms with Crippen LogP contribution in [-0.4, -0.2) is 32.3 Å². The molecule has 1 amide bonds. The minimum Gasteiger partial charge on any atom is -0.454 e. The van der Waals surface area contributed by atoms with Crippen molar-refractivity contribution in [1.82, 2.24) is 24.9 Å². The van der Waals surface area contributed by atoms with Crippen LogP contribution in [0.4, 0.5) is 0 Å². The zero-order chi connectivity index (χ0) is 24.1. The van der Waals surface area contributed by atoms with Crippen LogP contribution in [0.3, 0.4) is 0 Å². The fourth-order valence-corrected chi connectivity index (χ4v) is 4.53. The van der Waals surface area contributed by atoms with E-state index < -0.39 is 0 Å². The van der Waals surface area contributed by atoms with Gasteiger partial charge < -0.3 is 14.8 Å². The third-order valence-electron chi connectivity index (χ3n) is 6.48. The van der Waals surface area contributed by atoms with Gasteiger partial charge in [-0.2, -0.15) is 10.2 Å². The maximum absolute atomic E-state index is 13.5. The standard InChI is InChI=1S/C26H25N5O4/c1-15-3-7-20(16(2)9-15)31-25-19(12-28-31)24(18-5-6-18)29-30(26(25)33)13-23(32)27-11-17-4-8-21-22(10-17)35-14-34-21/h3-4,7-10,12,18H,5-6,11,13-14H2,1-2H3,(H,27,32). The Labute approximate surface area is 201 Å². The molecule has 0 atom stereocenters. The Kier molecular flexibility index (Phi) is 5.05. The maximum atomic E-state index is 13.5. The van der Waals surface area contributed by atoms with Gasteiger partial charge in [-0.05, 0) is 56.0 Å². The number of aromatic nitrogens is 4. The average molecular weight is 472 g/mol. The van der Waals surface area contributed by atoms with E-state index in [-0.39, 0.29) is 30.7 Å². The maximum Gasteiger partial charge on any atom is 0.293 e. The summed E-state index contributed by atoms with van der Waals surface area (Å²) in [7, 11) is 0. The molecule has 9 nitrogen and oxygen atoms in total. The number of fused-ring (bicyclic) bond motifs is 2. The van der Waals surface area contributed by atoms with Crippen LogP contribution in [-0.2, 0) is 17.9 Å². The van der Waals surface area contributed by atoms with E-state index in [0.717, 1.165) is 46.3 Å². The van der Waals surface area contributed by atoms with Crippen LogP contribution in [0.25, 0.3) is 16.6 Å². The van der Waals surface area contributed by atoms with Gasteiger partial charge in [0.2, 0.25) is 12.7 Å². The Balaban J connectivity index is 1.31. The smallest absolute Gasteiger partial charge is 0.293 e. The van der Waals surface area contributed by atoms with Crippen LogP contribution in [0, 0.1) is 13.8 Å². The number of nitrogens with zero attached hydrogens (tertiary/aromatic N) is 4. The van der Waals surface area contributed by atoms with Crippen LogP contribution < -0.4 is 20.3 Å². The van der Waals surface area contributed by atoms with E-state index in [0.29, 0.717) is 23.6 Å². The molecule has 0 spiro atoms. The van der Waals surface area contributed by atoms with Crippen molar-refractivity contribution in [2.45, 2.75) is 45.7 Å². The first-order valence-electron chi connectivity index (χ1n) is 11.7. The molecule has 0 saturated heterocycles. The molecule has 2 aliphatic rings. The highest BCUT2D eigenvalue weighted by Gasteiger charge is 2.30. The molecular weight excluding hydrogens is 446 g/mol. The van der Waals surface area contributed by atoms with Crippen LogP contribution in [0.5, 0.6) is 11.5 Å². The zero-order valence-corrected chi connectivity index (χ0v) is 19.6. The number of carbonyl (C=O) groups is 1. The van der Waals surface area contributed by atoms with E-state index in [4.69, 9.17) is 9.47 Å². The minimum absolute atomic E-state index is 0.170. The van der Waals surface area contributed by atoms with Gasteiger partial charge in [0.15, 0.2) is 11.5 Å². The zero-order valence-electron chi connectivity index (χ0n) is 19.6. The molecule has 2 aromatic carbocycles. The molecule has 35 heavy (non-hydrogen) atoms. The highest BCUT2D eigenvalue weighted by atomic mass is 16.7. The lowest BCUT2D eigenvalue weighted by Crippen LogP contribution is -2.34. The Morgan fingerprint density at radius 3 is 2.74 bits per heavy atom. The minimum atomic E-state index is -0.333. The Morgan fingerprint density at radius 1 is 1.11 bits per heavy atom. The number of amides is 1. The Morgan fingerprint density at radius 2 is 1.94 bits per heavy atom. The third-order valence-corrected chi connectivity index (χ3v) is 6.48. The van der Waals surface area contributed by atoms with Gasteiger partial charge in [0.1, 0.15) is 12.1 Å². The highest BCUT2D eigenvalue weighted by molar-refractivity contribution is 5.83. The molecule has 1 fully saturated rings. The summed E-state index contributed by atoms with van der Waals surface area (Å²) in [5.74, 6) is 1.35. The molecule has 1 N–H and O–H groups in total. The second-order valence-corrected chi connectivity index (χ2v) is 9.20. The summed E-state index contributed by atoms with van der Waals surface area (Å²) >= 11 is 0. The normalized spacial score (nSPS) is 14.5. The fourth-order valence-electron chi connectivity index (χ4n) is 4.53. The summed E-state index contributed by atoms with van der Waals surface area (Å²) in [6.45, 7) is 4.37. The van der Waals surface area contributed by atoms with E-state index in [2.05, 4.69) is 21.6 Å². The van der Waals surface area contributed by atoms with Crippen molar-refractivity contribution >= 4 is 16.8 Å². The number of ether oxygens (including phenoxy) is 2. The second-order valence-electron chi connectivity index (χ2n) is 9.20. The molecule has 3 heterocycles. The molecule has 0 unspecified atom stereocenters. The van der Waals surface area contributed by atoms with Gasteiger partial charge >= 0.3 is 0 Å². The number of aryl methyl sites for hydroxylation is 2. The van der Waals surface area contributed by atoms with Gasteiger partial charge in [0.05, 0.1) is 17.6 Å². The van der Waals surface area contributed by atoms with Crippen molar-refractivity contribution in [1.29, 1.82) is 0 Å². The van der Waals surface area contributed by atoms with Crippen molar-refractivity contribution < 1.29 is 14.3 Å². The largest absolute Gasteiger partial charge is 0.454 e. The van der Waals surface area contributed by atoms with Gasteiger partial charge in [-0.3, -0.25) is 9.59 Å². The highest BCUT2D eigenvalue weighted by Crippen LogP contribution is 2.41. The first-order valence-corrected chi connectivity index (χ1v) is 11.7. The summed E-state index contributed by atoms with van der Waals surface area (Å²) < 4.78 is 13.7. The first kappa shape index (κ1) is 21.4. The molecule has 1 aliphatic carbocycles. The topological polar surface area (TPSA) is 100 Å². The van der Waals surface area contributed by atoms with E-state index in [1.807, 2.05) is 44.2 Å². The number of rotatable bonds is 6. The fraction of sp³-hybridized carbons (Fsp3) is 0.308. The number of nitrogens with one attached hydrogen (secondary N) is 1. The quantitative estimate of drug-likeness (QED) is 0.464. The molecule has 0 bridgehead atoms. The molecule has 1 aliphatic heterocycles. The molecule has 2 aromatic heterocycles. The summed E-state index contributed by atoms with van der Waals surface area (Å²) in [6, 6.07) is 11.6. The van der Waals surface area contributed by atoms with E-state index >= 15 is 0 Å². The lowest BCUT2D eigenvalue weighted by Gasteiger charge is -2.12. The number of benzene rings is 2. The number of hydrogen-bond donors (Lipinski definition) is 1. The van der Waals surface area contributed by atoms with Gasteiger partial charge in [-0.1, -0.05) is 23.8 Å². The van der Waals surface area contributed by atoms with Crippen LogP contribution in [0.2, 0.25) is 0 Å². The van der Waals surface area contributed by atoms with Crippen molar-refractivity contribution in [2.75, 3.05) is 6.79 Å². The molecule has 178 valence electrons. The molecule has 1 saturated carbocycles. The van der Waals surface area contributed by atoms with Gasteiger partial charge in [0.25, 0.3) is 5.56 Å². The molecule has 6 rings (SSSR count). The monoisotopic (exact) mass is 471 g/mol. The lowest BCUT2D eigenvalue weighted by atomic mass is 10.1. The Bertz CT molecular complexity index is 1530. The van der Waals surface area contributed by atoms with E-state index in [9.17, 15) is 9.59 Å². The van der Waals surface area contributed by atoms with Crippen molar-refractivity contribution in [3.8, 4) is 17.2 Å². The Hall–Kier alpha value is -4.14. The predicted octanol–water partition coefficient (Wildman–Crippen LogP) is 3.12. The summed E-state index contributed by atoms with van der Waals surface area (Å²) in [6.07, 6.45) is 3.76. The molecule has 4 aromatic rings. The number of carbonyl (C=O) groups excluding carboxylic acids is 1. The lowest BCUT2D eigenvalue weighted by molar-refractivity contribution is -0.122. The summed E-state index contributed by atoms with van der Waals surface area (Å²) in [5.41, 5.74) is 4.84. The second kappa shape index (κ2) is 8.26. The summed E-state index contributed by atoms with van der Waals surface area (Å²) in [4.78, 5) is 26.3.